The van der Waals surface area contributed by atoms with E-state index >= 15 is 0 Å². The Morgan fingerprint density at radius 1 is 1.19 bits per heavy atom. The summed E-state index contributed by atoms with van der Waals surface area (Å²) in [6, 6.07) is 9.26. The average Bonchev–Trinajstić information content (AvgIpc) is 2.31. The van der Waals surface area contributed by atoms with Crippen molar-refractivity contribution in [2.24, 2.45) is 5.16 Å². The molecular formula is C12H11N3O. The third kappa shape index (κ3) is 1.86. The van der Waals surface area contributed by atoms with Gasteiger partial charge >= 0.3 is 0 Å². The molecule has 2 aromatic rings. The van der Waals surface area contributed by atoms with Crippen LogP contribution in [-0.4, -0.2) is 16.4 Å². The van der Waals surface area contributed by atoms with E-state index in [-0.39, 0.29) is 0 Å². The van der Waals surface area contributed by atoms with Crippen LogP contribution in [0.15, 0.2) is 47.9 Å². The van der Waals surface area contributed by atoms with Crippen molar-refractivity contribution >= 4 is 11.9 Å². The fourth-order valence-electron chi connectivity index (χ4n) is 1.55. The van der Waals surface area contributed by atoms with Gasteiger partial charge in [-0.1, -0.05) is 29.4 Å². The Balaban J connectivity index is 2.60. The fourth-order valence-corrected chi connectivity index (χ4v) is 1.55. The van der Waals surface area contributed by atoms with Crippen molar-refractivity contribution in [2.75, 3.05) is 5.73 Å². The van der Waals surface area contributed by atoms with Gasteiger partial charge in [0.1, 0.15) is 0 Å². The smallest absolute Gasteiger partial charge is 0.0740 e. The fraction of sp³-hybridized carbons (Fsp3) is 0. The molecule has 0 atom stereocenters. The predicted molar refractivity (Wildman–Crippen MR) is 63.5 cm³/mol. The number of rotatable bonds is 2. The van der Waals surface area contributed by atoms with E-state index in [2.05, 4.69) is 10.1 Å². The summed E-state index contributed by atoms with van der Waals surface area (Å²) >= 11 is 0. The first-order valence-electron chi connectivity index (χ1n) is 4.79. The number of hydrogen-bond donors (Lipinski definition) is 2. The number of hydrogen-bond acceptors (Lipinski definition) is 4. The molecule has 80 valence electrons. The van der Waals surface area contributed by atoms with Gasteiger partial charge in [0.15, 0.2) is 0 Å². The van der Waals surface area contributed by atoms with Crippen LogP contribution in [0.4, 0.5) is 5.69 Å². The van der Waals surface area contributed by atoms with Gasteiger partial charge in [-0.15, -0.1) is 0 Å². The van der Waals surface area contributed by atoms with Gasteiger partial charge in [-0.3, -0.25) is 4.98 Å². The first-order valence-corrected chi connectivity index (χ1v) is 4.79. The average molecular weight is 213 g/mol. The summed E-state index contributed by atoms with van der Waals surface area (Å²) in [5.74, 6) is 0. The molecule has 0 fully saturated rings. The largest absolute Gasteiger partial charge is 0.411 e. The summed E-state index contributed by atoms with van der Waals surface area (Å²) in [5.41, 5.74) is 9.04. The molecule has 1 aromatic carbocycles. The lowest BCUT2D eigenvalue weighted by Gasteiger charge is -2.07. The van der Waals surface area contributed by atoms with Gasteiger partial charge in [0.25, 0.3) is 0 Å². The van der Waals surface area contributed by atoms with Gasteiger partial charge in [-0.25, -0.2) is 0 Å². The van der Waals surface area contributed by atoms with Crippen molar-refractivity contribution in [1.82, 2.24) is 4.98 Å². The third-order valence-electron chi connectivity index (χ3n) is 2.30. The molecule has 0 aliphatic carbocycles. The second-order valence-electron chi connectivity index (χ2n) is 3.29. The third-order valence-corrected chi connectivity index (χ3v) is 2.30. The van der Waals surface area contributed by atoms with Crippen LogP contribution >= 0.6 is 0 Å². The molecule has 0 unspecified atom stereocenters. The van der Waals surface area contributed by atoms with E-state index in [0.717, 1.165) is 16.7 Å². The SMILES string of the molecule is Nc1ccncc1-c1ccccc1C=NO. The Morgan fingerprint density at radius 3 is 2.75 bits per heavy atom. The highest BCUT2D eigenvalue weighted by molar-refractivity contribution is 5.92. The van der Waals surface area contributed by atoms with Crippen molar-refractivity contribution in [3.63, 3.8) is 0 Å². The molecule has 0 radical (unpaired) electrons. The molecule has 16 heavy (non-hydrogen) atoms. The van der Waals surface area contributed by atoms with Crippen molar-refractivity contribution in [1.29, 1.82) is 0 Å². The maximum Gasteiger partial charge on any atom is 0.0740 e. The van der Waals surface area contributed by atoms with E-state index in [0.29, 0.717) is 5.69 Å². The Hall–Kier alpha value is -2.36. The standard InChI is InChI=1S/C12H11N3O/c13-12-5-6-14-8-11(12)10-4-2-1-3-9(10)7-15-16/h1-8,16H,(H2,13,14). The molecule has 0 amide bonds. The molecule has 1 heterocycles. The first kappa shape index (κ1) is 10.2. The molecule has 4 heteroatoms. The van der Waals surface area contributed by atoms with E-state index in [9.17, 15) is 0 Å². The normalized spacial score (nSPS) is 10.8. The van der Waals surface area contributed by atoms with Crippen molar-refractivity contribution in [2.45, 2.75) is 0 Å². The maximum atomic E-state index is 8.58. The van der Waals surface area contributed by atoms with Crippen LogP contribution in [0, 0.1) is 0 Å². The maximum absolute atomic E-state index is 8.58. The molecule has 2 rings (SSSR count). The van der Waals surface area contributed by atoms with Gasteiger partial charge < -0.3 is 10.9 Å². The van der Waals surface area contributed by atoms with E-state index < -0.39 is 0 Å². The minimum atomic E-state index is 0.647. The second kappa shape index (κ2) is 4.44. The topological polar surface area (TPSA) is 71.5 Å². The first-order chi connectivity index (χ1) is 7.83. The second-order valence-corrected chi connectivity index (χ2v) is 3.29. The molecule has 0 saturated heterocycles. The summed E-state index contributed by atoms with van der Waals surface area (Å²) in [4.78, 5) is 4.04. The number of pyridine rings is 1. The molecule has 0 saturated carbocycles. The summed E-state index contributed by atoms with van der Waals surface area (Å²) < 4.78 is 0. The van der Waals surface area contributed by atoms with Crippen LogP contribution in [-0.2, 0) is 0 Å². The van der Waals surface area contributed by atoms with Crippen LogP contribution in [0.5, 0.6) is 0 Å². The molecule has 0 aliphatic heterocycles. The van der Waals surface area contributed by atoms with Gasteiger partial charge in [0, 0.05) is 29.2 Å². The zero-order chi connectivity index (χ0) is 11.4. The van der Waals surface area contributed by atoms with E-state index in [4.69, 9.17) is 10.9 Å². The quantitative estimate of drug-likeness (QED) is 0.456. The summed E-state index contributed by atoms with van der Waals surface area (Å²) in [7, 11) is 0. The molecule has 4 nitrogen and oxygen atoms in total. The van der Waals surface area contributed by atoms with E-state index in [1.165, 1.54) is 6.21 Å². The lowest BCUT2D eigenvalue weighted by atomic mass is 10.0. The van der Waals surface area contributed by atoms with Crippen LogP contribution in [0.2, 0.25) is 0 Å². The predicted octanol–water partition coefficient (Wildman–Crippen LogP) is 2.14. The summed E-state index contributed by atoms with van der Waals surface area (Å²) in [6.07, 6.45) is 4.71. The molecule has 0 aliphatic rings. The minimum Gasteiger partial charge on any atom is -0.411 e. The summed E-state index contributed by atoms with van der Waals surface area (Å²) in [6.45, 7) is 0. The molecule has 0 spiro atoms. The van der Waals surface area contributed by atoms with Gasteiger partial charge in [0.2, 0.25) is 0 Å². The lowest BCUT2D eigenvalue weighted by molar-refractivity contribution is 0.322. The number of nitrogens with zero attached hydrogens (tertiary/aromatic N) is 2. The zero-order valence-corrected chi connectivity index (χ0v) is 8.54. The highest BCUT2D eigenvalue weighted by Gasteiger charge is 2.05. The molecular weight excluding hydrogens is 202 g/mol. The van der Waals surface area contributed by atoms with Crippen molar-refractivity contribution in [3.05, 3.63) is 48.3 Å². The molecule has 0 bridgehead atoms. The van der Waals surface area contributed by atoms with Crippen molar-refractivity contribution in [3.8, 4) is 11.1 Å². The Morgan fingerprint density at radius 2 is 2.00 bits per heavy atom. The van der Waals surface area contributed by atoms with Gasteiger partial charge in [-0.05, 0) is 11.6 Å². The summed E-state index contributed by atoms with van der Waals surface area (Å²) in [5, 5.41) is 11.6. The number of nitrogens with two attached hydrogens (primary N) is 1. The number of benzene rings is 1. The zero-order valence-electron chi connectivity index (χ0n) is 8.54. The Labute approximate surface area is 93.1 Å². The van der Waals surface area contributed by atoms with E-state index in [1.807, 2.05) is 24.3 Å². The number of anilines is 1. The number of oxime groups is 1. The highest BCUT2D eigenvalue weighted by Crippen LogP contribution is 2.26. The highest BCUT2D eigenvalue weighted by atomic mass is 16.4. The number of aromatic nitrogens is 1. The van der Waals surface area contributed by atoms with Crippen LogP contribution < -0.4 is 5.73 Å². The minimum absolute atomic E-state index is 0.647. The number of nitrogen functional groups attached to an aromatic ring is 1. The van der Waals surface area contributed by atoms with Crippen LogP contribution in [0.1, 0.15) is 5.56 Å². The van der Waals surface area contributed by atoms with E-state index in [1.54, 1.807) is 18.5 Å². The van der Waals surface area contributed by atoms with Gasteiger partial charge in [0.05, 0.1) is 6.21 Å². The van der Waals surface area contributed by atoms with Crippen LogP contribution in [0.25, 0.3) is 11.1 Å². The molecule has 3 N–H and O–H groups in total. The van der Waals surface area contributed by atoms with Gasteiger partial charge in [-0.2, -0.15) is 0 Å². The molecule has 1 aromatic heterocycles. The Kier molecular flexibility index (Phi) is 2.82. The van der Waals surface area contributed by atoms with Crippen molar-refractivity contribution < 1.29 is 5.21 Å². The monoisotopic (exact) mass is 213 g/mol. The Bertz CT molecular complexity index is 523. The van der Waals surface area contributed by atoms with Crippen LogP contribution in [0.3, 0.4) is 0 Å². The lowest BCUT2D eigenvalue weighted by Crippen LogP contribution is -1.94.